The molecule has 1 atom stereocenters. The quantitative estimate of drug-likeness (QED) is 0.658. The lowest BCUT2D eigenvalue weighted by Gasteiger charge is -2.23. The zero-order valence-electron chi connectivity index (χ0n) is 16.9. The van der Waals surface area contributed by atoms with E-state index in [4.69, 9.17) is 0 Å². The molecule has 0 spiro atoms. The number of carbonyl (C=O) groups is 1. The zero-order valence-corrected chi connectivity index (χ0v) is 16.9. The summed E-state index contributed by atoms with van der Waals surface area (Å²) < 4.78 is 1.82. The fraction of sp³-hybridized carbons (Fsp3) is 0.381. The van der Waals surface area contributed by atoms with E-state index in [0.29, 0.717) is 6.54 Å². The molecule has 2 heterocycles. The van der Waals surface area contributed by atoms with Crippen LogP contribution in [-0.4, -0.2) is 44.5 Å². The van der Waals surface area contributed by atoms with Gasteiger partial charge in [-0.1, -0.05) is 18.2 Å². The second kappa shape index (κ2) is 8.73. The van der Waals surface area contributed by atoms with Gasteiger partial charge in [0.25, 0.3) is 0 Å². The Bertz CT molecular complexity index is 895. The van der Waals surface area contributed by atoms with Gasteiger partial charge in [-0.15, -0.1) is 0 Å². The molecule has 2 aromatic heterocycles. The van der Waals surface area contributed by atoms with Crippen molar-refractivity contribution < 1.29 is 4.79 Å². The van der Waals surface area contributed by atoms with Crippen LogP contribution < -0.4 is 5.32 Å². The van der Waals surface area contributed by atoms with Gasteiger partial charge in [0.15, 0.2) is 0 Å². The first-order chi connectivity index (χ1) is 13.5. The standard InChI is InChI=1S/C21H28N6O/c1-15(19-9-5-6-11-20(19)27-14-8-12-22-27)23-21(28)26(4)13-7-10-18-16(2)24-25-17(18)3/h5-6,8-9,11-12,14-15H,7,10,13H2,1-4H3,(H,23,28)(H,24,25)/t15-/m1/s1. The highest BCUT2D eigenvalue weighted by atomic mass is 16.2. The number of aromatic amines is 1. The van der Waals surface area contributed by atoms with Crippen LogP contribution in [0.25, 0.3) is 5.69 Å². The predicted octanol–water partition coefficient (Wildman–Crippen LogP) is 3.55. The van der Waals surface area contributed by atoms with Crippen molar-refractivity contribution in [1.29, 1.82) is 0 Å². The molecular formula is C21H28N6O. The Kier molecular flexibility index (Phi) is 6.13. The number of benzene rings is 1. The van der Waals surface area contributed by atoms with Crippen molar-refractivity contribution in [3.05, 3.63) is 65.2 Å². The van der Waals surface area contributed by atoms with Crippen molar-refractivity contribution in [3.63, 3.8) is 0 Å². The Morgan fingerprint density at radius 1 is 1.29 bits per heavy atom. The molecule has 0 aliphatic heterocycles. The van der Waals surface area contributed by atoms with Crippen LogP contribution >= 0.6 is 0 Å². The molecular weight excluding hydrogens is 352 g/mol. The lowest BCUT2D eigenvalue weighted by molar-refractivity contribution is 0.205. The molecule has 0 unspecified atom stereocenters. The number of hydrogen-bond acceptors (Lipinski definition) is 3. The Hall–Kier alpha value is -3.09. The van der Waals surface area contributed by atoms with Gasteiger partial charge >= 0.3 is 6.03 Å². The molecule has 3 rings (SSSR count). The SMILES string of the molecule is Cc1n[nH]c(C)c1CCCN(C)C(=O)N[C@H](C)c1ccccc1-n1cccn1. The summed E-state index contributed by atoms with van der Waals surface area (Å²) >= 11 is 0. The minimum atomic E-state index is -0.131. The normalized spacial score (nSPS) is 12.0. The van der Waals surface area contributed by atoms with Crippen molar-refractivity contribution in [1.82, 2.24) is 30.2 Å². The van der Waals surface area contributed by atoms with Gasteiger partial charge < -0.3 is 10.2 Å². The van der Waals surface area contributed by atoms with Crippen molar-refractivity contribution in [2.45, 2.75) is 39.7 Å². The van der Waals surface area contributed by atoms with Crippen LogP contribution in [0.2, 0.25) is 0 Å². The average molecular weight is 380 g/mol. The number of carbonyl (C=O) groups excluding carboxylic acids is 1. The summed E-state index contributed by atoms with van der Waals surface area (Å²) in [6.45, 7) is 6.72. The van der Waals surface area contributed by atoms with E-state index >= 15 is 0 Å². The highest BCUT2D eigenvalue weighted by Gasteiger charge is 2.17. The third-order valence-electron chi connectivity index (χ3n) is 5.04. The van der Waals surface area contributed by atoms with E-state index in [-0.39, 0.29) is 12.1 Å². The van der Waals surface area contributed by atoms with E-state index in [2.05, 4.69) is 20.6 Å². The zero-order chi connectivity index (χ0) is 20.1. The van der Waals surface area contributed by atoms with Gasteiger partial charge in [-0.3, -0.25) is 5.10 Å². The second-order valence-corrected chi connectivity index (χ2v) is 7.12. The monoisotopic (exact) mass is 380 g/mol. The first-order valence-electron chi connectivity index (χ1n) is 9.58. The lowest BCUT2D eigenvalue weighted by Crippen LogP contribution is -2.39. The van der Waals surface area contributed by atoms with Crippen LogP contribution in [0.15, 0.2) is 42.7 Å². The summed E-state index contributed by atoms with van der Waals surface area (Å²) in [4.78, 5) is 14.4. The van der Waals surface area contributed by atoms with Gasteiger partial charge in [0, 0.05) is 31.7 Å². The summed E-state index contributed by atoms with van der Waals surface area (Å²) in [5.74, 6) is 0. The molecule has 1 aromatic carbocycles. The number of amides is 2. The van der Waals surface area contributed by atoms with Crippen LogP contribution in [-0.2, 0) is 6.42 Å². The Morgan fingerprint density at radius 3 is 2.75 bits per heavy atom. The molecule has 7 nitrogen and oxygen atoms in total. The maximum Gasteiger partial charge on any atom is 0.317 e. The topological polar surface area (TPSA) is 78.8 Å². The van der Waals surface area contributed by atoms with Crippen molar-refractivity contribution >= 4 is 6.03 Å². The smallest absolute Gasteiger partial charge is 0.317 e. The number of rotatable bonds is 7. The van der Waals surface area contributed by atoms with Crippen LogP contribution in [0, 0.1) is 13.8 Å². The maximum atomic E-state index is 12.6. The second-order valence-electron chi connectivity index (χ2n) is 7.12. The fourth-order valence-corrected chi connectivity index (χ4v) is 3.38. The highest BCUT2D eigenvalue weighted by Crippen LogP contribution is 2.21. The van der Waals surface area contributed by atoms with E-state index in [1.54, 1.807) is 11.1 Å². The third kappa shape index (κ3) is 4.42. The van der Waals surface area contributed by atoms with Gasteiger partial charge in [0.05, 0.1) is 17.4 Å². The number of H-pyrrole nitrogens is 1. The van der Waals surface area contributed by atoms with Crippen molar-refractivity contribution in [2.75, 3.05) is 13.6 Å². The van der Waals surface area contributed by atoms with Gasteiger partial charge in [0.1, 0.15) is 0 Å². The summed E-state index contributed by atoms with van der Waals surface area (Å²) in [6, 6.07) is 9.65. The molecule has 0 bridgehead atoms. The van der Waals surface area contributed by atoms with Crippen LogP contribution in [0.1, 0.15) is 41.9 Å². The minimum absolute atomic E-state index is 0.0802. The average Bonchev–Trinajstić information content (AvgIpc) is 3.33. The molecule has 2 amide bonds. The van der Waals surface area contributed by atoms with Crippen LogP contribution in [0.5, 0.6) is 0 Å². The van der Waals surface area contributed by atoms with E-state index in [0.717, 1.165) is 35.5 Å². The Balaban J connectivity index is 1.57. The molecule has 0 saturated heterocycles. The molecule has 7 heteroatoms. The number of para-hydroxylation sites is 1. The summed E-state index contributed by atoms with van der Waals surface area (Å²) in [6.07, 6.45) is 5.45. The number of urea groups is 1. The van der Waals surface area contributed by atoms with Gasteiger partial charge in [-0.25, -0.2) is 9.48 Å². The maximum absolute atomic E-state index is 12.6. The van der Waals surface area contributed by atoms with Gasteiger partial charge in [-0.05, 0) is 56.9 Å². The molecule has 0 saturated carbocycles. The van der Waals surface area contributed by atoms with E-state index in [1.165, 1.54) is 5.56 Å². The Labute approximate surface area is 165 Å². The van der Waals surface area contributed by atoms with Crippen LogP contribution in [0.3, 0.4) is 0 Å². The van der Waals surface area contributed by atoms with E-state index < -0.39 is 0 Å². The molecule has 0 radical (unpaired) electrons. The summed E-state index contributed by atoms with van der Waals surface area (Å²) in [5.41, 5.74) is 5.38. The minimum Gasteiger partial charge on any atom is -0.331 e. The van der Waals surface area contributed by atoms with Gasteiger partial charge in [-0.2, -0.15) is 10.2 Å². The largest absolute Gasteiger partial charge is 0.331 e. The first-order valence-corrected chi connectivity index (χ1v) is 9.58. The summed E-state index contributed by atoms with van der Waals surface area (Å²) in [7, 11) is 1.83. The van der Waals surface area contributed by atoms with Crippen molar-refractivity contribution in [2.24, 2.45) is 0 Å². The van der Waals surface area contributed by atoms with Crippen LogP contribution in [0.4, 0.5) is 4.79 Å². The highest BCUT2D eigenvalue weighted by molar-refractivity contribution is 5.74. The first kappa shape index (κ1) is 19.7. The molecule has 28 heavy (non-hydrogen) atoms. The van der Waals surface area contributed by atoms with E-state index in [1.807, 2.05) is 69.0 Å². The number of aromatic nitrogens is 4. The molecule has 2 N–H and O–H groups in total. The third-order valence-corrected chi connectivity index (χ3v) is 5.04. The number of hydrogen-bond donors (Lipinski definition) is 2. The predicted molar refractivity (Wildman–Crippen MR) is 110 cm³/mol. The number of nitrogens with one attached hydrogen (secondary N) is 2. The molecule has 0 aliphatic carbocycles. The molecule has 148 valence electrons. The molecule has 0 aliphatic rings. The molecule has 0 fully saturated rings. The fourth-order valence-electron chi connectivity index (χ4n) is 3.38. The summed E-state index contributed by atoms with van der Waals surface area (Å²) in [5, 5.41) is 14.6. The molecule has 3 aromatic rings. The van der Waals surface area contributed by atoms with Crippen molar-refractivity contribution in [3.8, 4) is 5.69 Å². The van der Waals surface area contributed by atoms with Gasteiger partial charge in [0.2, 0.25) is 0 Å². The Morgan fingerprint density at radius 2 is 2.07 bits per heavy atom. The van der Waals surface area contributed by atoms with E-state index in [9.17, 15) is 4.79 Å². The number of nitrogens with zero attached hydrogens (tertiary/aromatic N) is 4. The lowest BCUT2D eigenvalue weighted by atomic mass is 10.1. The number of aryl methyl sites for hydroxylation is 2.